The molecule has 0 radical (unpaired) electrons. The lowest BCUT2D eigenvalue weighted by Gasteiger charge is -2.25. The first-order valence-electron chi connectivity index (χ1n) is 9.33. The standard InChI is InChI=1S/C22H23FN2O2/c1-2-11-25(15-20-4-3-12-27-20)22(26)17-7-5-16(6-8-17)18-9-10-21(23)19(13-18)14-24/h5-10,13,20H,2-4,11-12,15H2,1H3. The molecule has 3 rings (SSSR count). The van der Waals surface area contributed by atoms with E-state index < -0.39 is 5.82 Å². The Bertz CT molecular complexity index is 836. The van der Waals surface area contributed by atoms with Crippen molar-refractivity contribution < 1.29 is 13.9 Å². The summed E-state index contributed by atoms with van der Waals surface area (Å²) in [5.74, 6) is -0.534. The first-order valence-corrected chi connectivity index (χ1v) is 9.33. The second-order valence-corrected chi connectivity index (χ2v) is 6.77. The fourth-order valence-corrected chi connectivity index (χ4v) is 3.36. The summed E-state index contributed by atoms with van der Waals surface area (Å²) in [6, 6.07) is 13.5. The van der Waals surface area contributed by atoms with Crippen LogP contribution in [0, 0.1) is 17.1 Å². The van der Waals surface area contributed by atoms with Crippen molar-refractivity contribution in [2.75, 3.05) is 19.7 Å². The lowest BCUT2D eigenvalue weighted by molar-refractivity contribution is 0.0526. The van der Waals surface area contributed by atoms with Crippen LogP contribution in [0.2, 0.25) is 0 Å². The number of benzene rings is 2. The molecule has 2 aromatic carbocycles. The fraction of sp³-hybridized carbons (Fsp3) is 0.364. The van der Waals surface area contributed by atoms with Gasteiger partial charge in [-0.15, -0.1) is 0 Å². The SMILES string of the molecule is CCCN(CC1CCCO1)C(=O)c1ccc(-c2ccc(F)c(C#N)c2)cc1. The molecule has 1 atom stereocenters. The third-order valence-electron chi connectivity index (χ3n) is 4.78. The highest BCUT2D eigenvalue weighted by Crippen LogP contribution is 2.23. The maximum atomic E-state index is 13.5. The highest BCUT2D eigenvalue weighted by Gasteiger charge is 2.23. The van der Waals surface area contributed by atoms with Gasteiger partial charge in [-0.1, -0.05) is 25.1 Å². The summed E-state index contributed by atoms with van der Waals surface area (Å²) in [5.41, 5.74) is 2.21. The Kier molecular flexibility index (Phi) is 6.20. The van der Waals surface area contributed by atoms with Crippen LogP contribution in [0.1, 0.15) is 42.1 Å². The molecule has 0 bridgehead atoms. The van der Waals surface area contributed by atoms with E-state index in [9.17, 15) is 9.18 Å². The molecule has 4 nitrogen and oxygen atoms in total. The highest BCUT2D eigenvalue weighted by molar-refractivity contribution is 5.94. The molecule has 2 aromatic rings. The Morgan fingerprint density at radius 3 is 2.63 bits per heavy atom. The van der Waals surface area contributed by atoms with Gasteiger partial charge in [0.05, 0.1) is 11.7 Å². The maximum absolute atomic E-state index is 13.5. The van der Waals surface area contributed by atoms with Gasteiger partial charge in [0.15, 0.2) is 0 Å². The van der Waals surface area contributed by atoms with E-state index in [1.165, 1.54) is 12.1 Å². The molecule has 1 aliphatic heterocycles. The quantitative estimate of drug-likeness (QED) is 0.762. The second kappa shape index (κ2) is 8.79. The van der Waals surface area contributed by atoms with Gasteiger partial charge in [0, 0.05) is 25.3 Å². The molecular formula is C22H23FN2O2. The first-order chi connectivity index (χ1) is 13.1. The Balaban J connectivity index is 1.76. The largest absolute Gasteiger partial charge is 0.376 e. The molecule has 0 N–H and O–H groups in total. The van der Waals surface area contributed by atoms with Crippen molar-refractivity contribution in [2.45, 2.75) is 32.3 Å². The number of hydrogen-bond donors (Lipinski definition) is 0. The van der Waals surface area contributed by atoms with Crippen molar-refractivity contribution in [2.24, 2.45) is 0 Å². The van der Waals surface area contributed by atoms with Crippen LogP contribution >= 0.6 is 0 Å². The number of rotatable bonds is 6. The van der Waals surface area contributed by atoms with Crippen molar-refractivity contribution in [1.29, 1.82) is 5.26 Å². The molecule has 1 amide bonds. The molecule has 27 heavy (non-hydrogen) atoms. The summed E-state index contributed by atoms with van der Waals surface area (Å²) in [6.45, 7) is 4.15. The molecule has 1 heterocycles. The van der Waals surface area contributed by atoms with Crippen molar-refractivity contribution in [3.05, 3.63) is 59.4 Å². The zero-order chi connectivity index (χ0) is 19.2. The zero-order valence-corrected chi connectivity index (χ0v) is 15.5. The molecule has 1 fully saturated rings. The Hall–Kier alpha value is -2.71. The maximum Gasteiger partial charge on any atom is 0.253 e. The third-order valence-corrected chi connectivity index (χ3v) is 4.78. The smallest absolute Gasteiger partial charge is 0.253 e. The van der Waals surface area contributed by atoms with Gasteiger partial charge in [-0.3, -0.25) is 4.79 Å². The monoisotopic (exact) mass is 366 g/mol. The van der Waals surface area contributed by atoms with Crippen LogP contribution in [0.5, 0.6) is 0 Å². The van der Waals surface area contributed by atoms with Gasteiger partial charge in [0.2, 0.25) is 0 Å². The molecule has 140 valence electrons. The molecule has 0 aromatic heterocycles. The number of amides is 1. The molecule has 0 saturated carbocycles. The Morgan fingerprint density at radius 2 is 2.00 bits per heavy atom. The van der Waals surface area contributed by atoms with Gasteiger partial charge in [0.25, 0.3) is 5.91 Å². The first kappa shape index (κ1) is 19.1. The summed E-state index contributed by atoms with van der Waals surface area (Å²) in [4.78, 5) is 14.8. The van der Waals surface area contributed by atoms with Gasteiger partial charge in [-0.2, -0.15) is 5.26 Å². The predicted octanol–water partition coefficient (Wildman–Crippen LogP) is 4.40. The van der Waals surface area contributed by atoms with Gasteiger partial charge in [-0.05, 0) is 54.7 Å². The van der Waals surface area contributed by atoms with Crippen LogP contribution in [0.25, 0.3) is 11.1 Å². The fourth-order valence-electron chi connectivity index (χ4n) is 3.36. The zero-order valence-electron chi connectivity index (χ0n) is 15.5. The van der Waals surface area contributed by atoms with Crippen LogP contribution in [-0.4, -0.2) is 36.6 Å². The number of nitrogens with zero attached hydrogens (tertiary/aromatic N) is 2. The number of carbonyl (C=O) groups excluding carboxylic acids is 1. The van der Waals surface area contributed by atoms with Crippen molar-refractivity contribution >= 4 is 5.91 Å². The van der Waals surface area contributed by atoms with Crippen molar-refractivity contribution in [3.63, 3.8) is 0 Å². The van der Waals surface area contributed by atoms with E-state index in [-0.39, 0.29) is 17.6 Å². The van der Waals surface area contributed by atoms with E-state index in [4.69, 9.17) is 10.00 Å². The normalized spacial score (nSPS) is 16.1. The minimum absolute atomic E-state index is 0.00396. The summed E-state index contributed by atoms with van der Waals surface area (Å²) in [5, 5.41) is 8.98. The average Bonchev–Trinajstić information content (AvgIpc) is 3.21. The van der Waals surface area contributed by atoms with E-state index in [0.29, 0.717) is 18.7 Å². The molecule has 0 spiro atoms. The van der Waals surface area contributed by atoms with E-state index in [1.54, 1.807) is 18.2 Å². The van der Waals surface area contributed by atoms with Crippen LogP contribution in [-0.2, 0) is 4.74 Å². The number of ether oxygens (including phenoxy) is 1. The van der Waals surface area contributed by atoms with E-state index in [0.717, 1.165) is 37.0 Å². The Morgan fingerprint density at radius 1 is 1.26 bits per heavy atom. The van der Waals surface area contributed by atoms with Crippen LogP contribution < -0.4 is 0 Å². The summed E-state index contributed by atoms with van der Waals surface area (Å²) in [6.07, 6.45) is 3.07. The lowest BCUT2D eigenvalue weighted by Crippen LogP contribution is -2.37. The van der Waals surface area contributed by atoms with Crippen LogP contribution in [0.15, 0.2) is 42.5 Å². The van der Waals surface area contributed by atoms with Gasteiger partial charge >= 0.3 is 0 Å². The predicted molar refractivity (Wildman–Crippen MR) is 102 cm³/mol. The number of halogens is 1. The minimum atomic E-state index is -0.530. The average molecular weight is 366 g/mol. The summed E-state index contributed by atoms with van der Waals surface area (Å²) in [7, 11) is 0. The van der Waals surface area contributed by atoms with Gasteiger partial charge in [-0.25, -0.2) is 4.39 Å². The van der Waals surface area contributed by atoms with E-state index in [1.807, 2.05) is 23.1 Å². The highest BCUT2D eigenvalue weighted by atomic mass is 19.1. The van der Waals surface area contributed by atoms with Crippen molar-refractivity contribution in [3.8, 4) is 17.2 Å². The molecule has 1 aliphatic rings. The van der Waals surface area contributed by atoms with Crippen LogP contribution in [0.4, 0.5) is 4.39 Å². The number of carbonyl (C=O) groups is 1. The van der Waals surface area contributed by atoms with E-state index >= 15 is 0 Å². The number of nitriles is 1. The van der Waals surface area contributed by atoms with Gasteiger partial charge < -0.3 is 9.64 Å². The molecule has 0 aliphatic carbocycles. The topological polar surface area (TPSA) is 53.3 Å². The van der Waals surface area contributed by atoms with Crippen molar-refractivity contribution in [1.82, 2.24) is 4.90 Å². The Labute approximate surface area is 159 Å². The van der Waals surface area contributed by atoms with Gasteiger partial charge in [0.1, 0.15) is 11.9 Å². The molecule has 1 saturated heterocycles. The second-order valence-electron chi connectivity index (χ2n) is 6.77. The van der Waals surface area contributed by atoms with Crippen LogP contribution in [0.3, 0.4) is 0 Å². The third kappa shape index (κ3) is 4.53. The minimum Gasteiger partial charge on any atom is -0.376 e. The lowest BCUT2D eigenvalue weighted by atomic mass is 10.0. The molecular weight excluding hydrogens is 343 g/mol. The summed E-state index contributed by atoms with van der Waals surface area (Å²) < 4.78 is 19.2. The molecule has 5 heteroatoms. The summed E-state index contributed by atoms with van der Waals surface area (Å²) >= 11 is 0. The van der Waals surface area contributed by atoms with E-state index in [2.05, 4.69) is 6.92 Å². The molecule has 1 unspecified atom stereocenters. The number of hydrogen-bond acceptors (Lipinski definition) is 3.